The summed E-state index contributed by atoms with van der Waals surface area (Å²) in [5.41, 5.74) is 4.31. The lowest BCUT2D eigenvalue weighted by Crippen LogP contribution is -2.02. The van der Waals surface area contributed by atoms with Gasteiger partial charge in [-0.1, -0.05) is 43.3 Å². The molecule has 120 valence electrons. The summed E-state index contributed by atoms with van der Waals surface area (Å²) in [6, 6.07) is 16.3. The van der Waals surface area contributed by atoms with Crippen molar-refractivity contribution in [2.45, 2.75) is 26.2 Å². The van der Waals surface area contributed by atoms with Crippen LogP contribution in [0.3, 0.4) is 0 Å². The molecule has 0 aliphatic rings. The molecule has 0 aliphatic carbocycles. The first kappa shape index (κ1) is 14.8. The smallest absolute Gasteiger partial charge is 0.137 e. The molecule has 3 heteroatoms. The topological polar surface area (TPSA) is 46.0 Å². The lowest BCUT2D eigenvalue weighted by Gasteiger charge is -2.12. The average molecular weight is 317 g/mol. The fourth-order valence-electron chi connectivity index (χ4n) is 3.56. The van der Waals surface area contributed by atoms with Crippen LogP contribution in [0.4, 0.5) is 0 Å². The van der Waals surface area contributed by atoms with Gasteiger partial charge in [0.1, 0.15) is 17.1 Å². The van der Waals surface area contributed by atoms with Gasteiger partial charge in [-0.25, -0.2) is 0 Å². The number of para-hydroxylation sites is 2. The molecule has 0 fully saturated rings. The first-order valence-corrected chi connectivity index (χ1v) is 8.21. The van der Waals surface area contributed by atoms with Gasteiger partial charge in [0.2, 0.25) is 0 Å². The second-order valence-corrected chi connectivity index (χ2v) is 6.33. The fraction of sp³-hybridized carbons (Fsp3) is 0.190. The van der Waals surface area contributed by atoms with Gasteiger partial charge in [0.25, 0.3) is 0 Å². The van der Waals surface area contributed by atoms with Crippen molar-refractivity contribution in [3.63, 3.8) is 0 Å². The van der Waals surface area contributed by atoms with E-state index in [1.165, 1.54) is 10.9 Å². The van der Waals surface area contributed by atoms with E-state index in [-0.39, 0.29) is 11.7 Å². The van der Waals surface area contributed by atoms with E-state index in [1.54, 1.807) is 6.92 Å². The number of Topliss-reactive ketones (excluding diaryl/α,β-unsaturated/α-hetero) is 1. The summed E-state index contributed by atoms with van der Waals surface area (Å²) in [6.07, 6.45) is 2.39. The number of hydrogen-bond acceptors (Lipinski definition) is 2. The maximum Gasteiger partial charge on any atom is 0.137 e. The minimum Gasteiger partial charge on any atom is -0.460 e. The van der Waals surface area contributed by atoms with Gasteiger partial charge < -0.3 is 9.40 Å². The van der Waals surface area contributed by atoms with Crippen LogP contribution in [0.1, 0.15) is 36.7 Å². The maximum atomic E-state index is 11.7. The van der Waals surface area contributed by atoms with E-state index >= 15 is 0 Å². The lowest BCUT2D eigenvalue weighted by atomic mass is 9.89. The summed E-state index contributed by atoms with van der Waals surface area (Å²) in [4.78, 5) is 15.0. The highest BCUT2D eigenvalue weighted by Crippen LogP contribution is 2.38. The number of aromatic nitrogens is 1. The molecule has 2 aromatic heterocycles. The van der Waals surface area contributed by atoms with Crippen molar-refractivity contribution in [2.24, 2.45) is 0 Å². The van der Waals surface area contributed by atoms with Crippen LogP contribution in [0.25, 0.3) is 21.9 Å². The van der Waals surface area contributed by atoms with Gasteiger partial charge in [-0.05, 0) is 24.6 Å². The Morgan fingerprint density at radius 2 is 1.79 bits per heavy atom. The van der Waals surface area contributed by atoms with Crippen molar-refractivity contribution in [3.05, 3.63) is 71.6 Å². The summed E-state index contributed by atoms with van der Waals surface area (Å²) >= 11 is 0. The number of fused-ring (bicyclic) bond motifs is 2. The number of rotatable bonds is 4. The van der Waals surface area contributed by atoms with Gasteiger partial charge in [-0.3, -0.25) is 4.79 Å². The molecule has 1 atom stereocenters. The second-order valence-electron chi connectivity index (χ2n) is 6.33. The zero-order valence-electron chi connectivity index (χ0n) is 13.8. The number of benzene rings is 2. The van der Waals surface area contributed by atoms with Crippen molar-refractivity contribution in [3.8, 4) is 0 Å². The van der Waals surface area contributed by atoms with Crippen LogP contribution in [0.15, 0.2) is 59.1 Å². The Labute approximate surface area is 140 Å². The Balaban J connectivity index is 1.92. The van der Waals surface area contributed by atoms with E-state index in [2.05, 4.69) is 42.4 Å². The highest BCUT2D eigenvalue weighted by molar-refractivity contribution is 5.89. The molecule has 4 rings (SSSR count). The van der Waals surface area contributed by atoms with Crippen molar-refractivity contribution < 1.29 is 9.21 Å². The van der Waals surface area contributed by atoms with Crippen LogP contribution in [0.2, 0.25) is 0 Å². The van der Waals surface area contributed by atoms with Gasteiger partial charge in [0.15, 0.2) is 0 Å². The predicted molar refractivity (Wildman–Crippen MR) is 96.4 cm³/mol. The van der Waals surface area contributed by atoms with Crippen LogP contribution in [-0.4, -0.2) is 10.8 Å². The fourth-order valence-corrected chi connectivity index (χ4v) is 3.56. The highest BCUT2D eigenvalue weighted by atomic mass is 16.3. The summed E-state index contributed by atoms with van der Waals surface area (Å²) in [7, 11) is 0. The number of carbonyl (C=O) groups excluding carboxylic acids is 1. The number of nitrogens with one attached hydrogen (secondary N) is 1. The third-order valence-corrected chi connectivity index (χ3v) is 4.64. The van der Waals surface area contributed by atoms with Gasteiger partial charge >= 0.3 is 0 Å². The Morgan fingerprint density at radius 3 is 2.58 bits per heavy atom. The third kappa shape index (κ3) is 2.33. The second kappa shape index (κ2) is 5.68. The molecule has 0 saturated carbocycles. The van der Waals surface area contributed by atoms with Crippen molar-refractivity contribution in [1.29, 1.82) is 0 Å². The van der Waals surface area contributed by atoms with Gasteiger partial charge in [0, 0.05) is 34.0 Å². The number of hydrogen-bond donors (Lipinski definition) is 1. The Hall–Kier alpha value is -2.81. The van der Waals surface area contributed by atoms with E-state index in [4.69, 9.17) is 4.42 Å². The molecule has 3 nitrogen and oxygen atoms in total. The van der Waals surface area contributed by atoms with E-state index in [1.807, 2.05) is 24.3 Å². The molecule has 0 radical (unpaired) electrons. The van der Waals surface area contributed by atoms with Crippen molar-refractivity contribution in [2.75, 3.05) is 0 Å². The van der Waals surface area contributed by atoms with Gasteiger partial charge in [-0.2, -0.15) is 0 Å². The summed E-state index contributed by atoms with van der Waals surface area (Å²) in [6.45, 7) is 3.78. The van der Waals surface area contributed by atoms with Crippen molar-refractivity contribution in [1.82, 2.24) is 4.98 Å². The monoisotopic (exact) mass is 317 g/mol. The lowest BCUT2D eigenvalue weighted by molar-refractivity contribution is -0.116. The first-order chi connectivity index (χ1) is 11.6. The van der Waals surface area contributed by atoms with Gasteiger partial charge in [-0.15, -0.1) is 0 Å². The van der Waals surface area contributed by atoms with Crippen LogP contribution in [0, 0.1) is 0 Å². The van der Waals surface area contributed by atoms with Crippen molar-refractivity contribution >= 4 is 27.7 Å². The number of carbonyl (C=O) groups is 1. The maximum absolute atomic E-state index is 11.7. The van der Waals surface area contributed by atoms with Crippen LogP contribution < -0.4 is 0 Å². The van der Waals surface area contributed by atoms with E-state index in [0.29, 0.717) is 6.42 Å². The van der Waals surface area contributed by atoms with E-state index < -0.39 is 0 Å². The molecule has 0 saturated heterocycles. The molecule has 24 heavy (non-hydrogen) atoms. The summed E-state index contributed by atoms with van der Waals surface area (Å²) in [5, 5.41) is 2.30. The molecule has 2 heterocycles. The number of furan rings is 1. The largest absolute Gasteiger partial charge is 0.460 e. The third-order valence-electron chi connectivity index (χ3n) is 4.64. The molecular formula is C21H19NO2. The highest BCUT2D eigenvalue weighted by Gasteiger charge is 2.23. The Kier molecular flexibility index (Phi) is 3.49. The zero-order chi connectivity index (χ0) is 16.7. The molecule has 2 aromatic carbocycles. The molecule has 1 N–H and O–H groups in total. The molecule has 0 spiro atoms. The quantitative estimate of drug-likeness (QED) is 0.562. The minimum absolute atomic E-state index is 0.112. The molecule has 0 aliphatic heterocycles. The summed E-state index contributed by atoms with van der Waals surface area (Å²) < 4.78 is 6.01. The first-order valence-electron chi connectivity index (χ1n) is 8.21. The average Bonchev–Trinajstić information content (AvgIpc) is 3.14. The Bertz CT molecular complexity index is 1040. The number of ketones is 1. The molecule has 1 unspecified atom stereocenters. The van der Waals surface area contributed by atoms with E-state index in [9.17, 15) is 4.79 Å². The van der Waals surface area contributed by atoms with Crippen LogP contribution >= 0.6 is 0 Å². The zero-order valence-corrected chi connectivity index (χ0v) is 13.8. The molecule has 0 amide bonds. The van der Waals surface area contributed by atoms with Crippen LogP contribution in [0.5, 0.6) is 0 Å². The molecule has 4 aromatic rings. The number of H-pyrrole nitrogens is 1. The van der Waals surface area contributed by atoms with E-state index in [0.717, 1.165) is 27.8 Å². The van der Waals surface area contributed by atoms with Crippen LogP contribution in [-0.2, 0) is 11.2 Å². The molecular weight excluding hydrogens is 298 g/mol. The predicted octanol–water partition coefficient (Wildman–Crippen LogP) is 5.20. The Morgan fingerprint density at radius 1 is 1.08 bits per heavy atom. The number of aromatic amines is 1. The normalized spacial score (nSPS) is 12.8. The SMILES string of the molecule is CC(=O)Cc1oc2ccccc2c1C(C)c1c[nH]c2ccccc12. The standard InChI is InChI=1S/C21H19NO2/c1-13(23)11-20-21(16-8-4-6-10-19(16)24-20)14(2)17-12-22-18-9-5-3-7-15(17)18/h3-10,12,14,22H,11H2,1-2H3. The van der Waals surface area contributed by atoms with Gasteiger partial charge in [0.05, 0.1) is 6.42 Å². The summed E-state index contributed by atoms with van der Waals surface area (Å²) in [5.74, 6) is 1.03. The minimum atomic E-state index is 0.112. The molecule has 0 bridgehead atoms.